The molecule has 1 aromatic heterocycles. The molecular formula is C26H42N4O2. The van der Waals surface area contributed by atoms with Gasteiger partial charge in [0.05, 0.1) is 6.54 Å². The highest BCUT2D eigenvalue weighted by Gasteiger charge is 2.51. The molecule has 0 aliphatic heterocycles. The number of hydrogen-bond donors (Lipinski definition) is 1. The molecule has 4 bridgehead atoms. The zero-order valence-electron chi connectivity index (χ0n) is 20.5. The van der Waals surface area contributed by atoms with Crippen molar-refractivity contribution in [1.29, 1.82) is 0 Å². The summed E-state index contributed by atoms with van der Waals surface area (Å²) in [5.41, 5.74) is 1.08. The Morgan fingerprint density at radius 1 is 1.12 bits per heavy atom. The lowest BCUT2D eigenvalue weighted by Crippen LogP contribution is -2.62. The minimum atomic E-state index is -0.0366. The molecule has 5 rings (SSSR count). The van der Waals surface area contributed by atoms with E-state index in [0.29, 0.717) is 25.6 Å². The molecule has 1 heterocycles. The van der Waals surface area contributed by atoms with Crippen molar-refractivity contribution in [1.82, 2.24) is 19.7 Å². The normalized spacial score (nSPS) is 28.2. The Kier molecular flexibility index (Phi) is 6.87. The number of rotatable bonds is 9. The minimum absolute atomic E-state index is 0.0263. The maximum Gasteiger partial charge on any atom is 0.318 e. The third-order valence-corrected chi connectivity index (χ3v) is 7.86. The molecule has 6 heteroatoms. The van der Waals surface area contributed by atoms with Crippen LogP contribution < -0.4 is 5.32 Å². The fourth-order valence-electron chi connectivity index (χ4n) is 6.91. The predicted octanol–water partition coefficient (Wildman–Crippen LogP) is 4.40. The van der Waals surface area contributed by atoms with E-state index in [0.717, 1.165) is 49.1 Å². The molecule has 4 saturated carbocycles. The fraction of sp³-hybridized carbons (Fsp3) is 0.769. The highest BCUT2D eigenvalue weighted by Crippen LogP contribution is 2.55. The van der Waals surface area contributed by atoms with Crippen molar-refractivity contribution in [2.24, 2.45) is 30.7 Å². The topological polar surface area (TPSA) is 57.6 Å². The van der Waals surface area contributed by atoms with Crippen LogP contribution in [0.25, 0.3) is 0 Å². The third kappa shape index (κ3) is 5.15. The highest BCUT2D eigenvalue weighted by atomic mass is 16.2. The molecule has 0 radical (unpaired) electrons. The van der Waals surface area contributed by atoms with Crippen LogP contribution in [0.1, 0.15) is 71.4 Å². The number of nitrogens with one attached hydrogen (secondary N) is 1. The number of carbonyl (C=O) groups excluding carboxylic acids is 2. The van der Waals surface area contributed by atoms with Crippen molar-refractivity contribution in [3.63, 3.8) is 0 Å². The summed E-state index contributed by atoms with van der Waals surface area (Å²) in [7, 11) is 2.01. The number of amides is 3. The highest BCUT2D eigenvalue weighted by molar-refractivity contribution is 5.84. The monoisotopic (exact) mass is 442 g/mol. The number of urea groups is 1. The van der Waals surface area contributed by atoms with Gasteiger partial charge in [-0.1, -0.05) is 20.8 Å². The first-order chi connectivity index (χ1) is 15.3. The maximum absolute atomic E-state index is 13.4. The molecule has 0 spiro atoms. The third-order valence-electron chi connectivity index (χ3n) is 7.86. The van der Waals surface area contributed by atoms with Gasteiger partial charge >= 0.3 is 6.03 Å². The second-order valence-corrected chi connectivity index (χ2v) is 11.3. The number of nitrogens with zero attached hydrogens (tertiary/aromatic N) is 3. The van der Waals surface area contributed by atoms with Crippen molar-refractivity contribution >= 4 is 11.9 Å². The van der Waals surface area contributed by atoms with Gasteiger partial charge in [0.1, 0.15) is 6.54 Å². The second-order valence-electron chi connectivity index (χ2n) is 11.3. The van der Waals surface area contributed by atoms with Gasteiger partial charge in [0, 0.05) is 37.6 Å². The van der Waals surface area contributed by atoms with Crippen molar-refractivity contribution in [2.75, 3.05) is 19.6 Å². The van der Waals surface area contributed by atoms with Gasteiger partial charge < -0.3 is 19.7 Å². The Balaban J connectivity index is 1.42. The summed E-state index contributed by atoms with van der Waals surface area (Å²) >= 11 is 0. The lowest BCUT2D eigenvalue weighted by molar-refractivity contribution is -0.133. The fourth-order valence-corrected chi connectivity index (χ4v) is 6.91. The van der Waals surface area contributed by atoms with Crippen molar-refractivity contribution in [2.45, 2.75) is 77.8 Å². The van der Waals surface area contributed by atoms with E-state index >= 15 is 0 Å². The van der Waals surface area contributed by atoms with E-state index in [1.165, 1.54) is 19.3 Å². The van der Waals surface area contributed by atoms with Crippen LogP contribution in [0.3, 0.4) is 0 Å². The van der Waals surface area contributed by atoms with Gasteiger partial charge in [0.25, 0.3) is 0 Å². The van der Waals surface area contributed by atoms with Crippen LogP contribution in [-0.2, 0) is 18.4 Å². The van der Waals surface area contributed by atoms with Gasteiger partial charge in [-0.3, -0.25) is 4.79 Å². The van der Waals surface area contributed by atoms with E-state index in [9.17, 15) is 9.59 Å². The van der Waals surface area contributed by atoms with Gasteiger partial charge in [-0.05, 0) is 80.8 Å². The smallest absolute Gasteiger partial charge is 0.318 e. The van der Waals surface area contributed by atoms with Gasteiger partial charge in [-0.25, -0.2) is 4.79 Å². The molecule has 1 N–H and O–H groups in total. The number of aromatic nitrogens is 1. The first kappa shape index (κ1) is 23.2. The van der Waals surface area contributed by atoms with Crippen LogP contribution in [0.5, 0.6) is 0 Å². The molecule has 6 nitrogen and oxygen atoms in total. The van der Waals surface area contributed by atoms with Crippen LogP contribution in [0.4, 0.5) is 4.79 Å². The first-order valence-corrected chi connectivity index (χ1v) is 12.7. The summed E-state index contributed by atoms with van der Waals surface area (Å²) in [4.78, 5) is 30.5. The van der Waals surface area contributed by atoms with Crippen LogP contribution in [-0.4, -0.2) is 51.5 Å². The summed E-state index contributed by atoms with van der Waals surface area (Å²) < 4.78 is 2.06. The number of hydrogen-bond acceptors (Lipinski definition) is 2. The lowest BCUT2D eigenvalue weighted by atomic mass is 9.53. The molecule has 4 aliphatic rings. The van der Waals surface area contributed by atoms with Crippen molar-refractivity contribution in [3.05, 3.63) is 24.0 Å². The van der Waals surface area contributed by atoms with E-state index in [2.05, 4.69) is 36.7 Å². The van der Waals surface area contributed by atoms with Crippen LogP contribution in [0.15, 0.2) is 18.3 Å². The number of aryl methyl sites for hydroxylation is 1. The Labute approximate surface area is 193 Å². The molecule has 0 unspecified atom stereocenters. The molecule has 4 aliphatic carbocycles. The van der Waals surface area contributed by atoms with E-state index in [1.807, 2.05) is 24.2 Å². The van der Waals surface area contributed by atoms with Gasteiger partial charge in [0.15, 0.2) is 0 Å². The Hall–Kier alpha value is -1.98. The Bertz CT molecular complexity index is 779. The quantitative estimate of drug-likeness (QED) is 0.616. The molecule has 3 amide bonds. The van der Waals surface area contributed by atoms with Crippen LogP contribution in [0.2, 0.25) is 0 Å². The summed E-state index contributed by atoms with van der Waals surface area (Å²) in [6.45, 7) is 8.39. The van der Waals surface area contributed by atoms with E-state index in [-0.39, 0.29) is 24.0 Å². The molecule has 0 aromatic carbocycles. The van der Waals surface area contributed by atoms with E-state index < -0.39 is 0 Å². The van der Waals surface area contributed by atoms with E-state index in [4.69, 9.17) is 0 Å². The van der Waals surface area contributed by atoms with Crippen LogP contribution >= 0.6 is 0 Å². The van der Waals surface area contributed by atoms with Gasteiger partial charge in [-0.2, -0.15) is 0 Å². The summed E-state index contributed by atoms with van der Waals surface area (Å²) in [6, 6.07) is 4.03. The van der Waals surface area contributed by atoms with Crippen LogP contribution in [0, 0.1) is 23.7 Å². The summed E-state index contributed by atoms with van der Waals surface area (Å²) in [5.74, 6) is 2.77. The largest absolute Gasteiger partial charge is 0.353 e. The summed E-state index contributed by atoms with van der Waals surface area (Å²) in [5, 5.41) is 3.46. The number of carbonyl (C=O) groups is 2. The summed E-state index contributed by atoms with van der Waals surface area (Å²) in [6.07, 6.45) is 10.3. The average Bonchev–Trinajstić information content (AvgIpc) is 3.09. The lowest BCUT2D eigenvalue weighted by Gasteiger charge is -2.57. The molecule has 1 aromatic rings. The van der Waals surface area contributed by atoms with Gasteiger partial charge in [-0.15, -0.1) is 0 Å². The molecule has 178 valence electrons. The molecule has 0 saturated heterocycles. The molecule has 0 atom stereocenters. The first-order valence-electron chi connectivity index (χ1n) is 12.7. The molecular weight excluding hydrogens is 400 g/mol. The Morgan fingerprint density at radius 3 is 2.25 bits per heavy atom. The average molecular weight is 443 g/mol. The zero-order valence-corrected chi connectivity index (χ0v) is 20.5. The molecule has 32 heavy (non-hydrogen) atoms. The minimum Gasteiger partial charge on any atom is -0.353 e. The maximum atomic E-state index is 13.4. The van der Waals surface area contributed by atoms with Gasteiger partial charge in [0.2, 0.25) is 5.91 Å². The SMILES string of the molecule is CCCN(CC(=O)N(Cc1cccn1C)CC(C)C)C(=O)NC12CC3CC(CC(C3)C1)C2. The van der Waals surface area contributed by atoms with E-state index in [1.54, 1.807) is 4.90 Å². The van der Waals surface area contributed by atoms with Crippen molar-refractivity contribution in [3.8, 4) is 0 Å². The second kappa shape index (κ2) is 9.48. The van der Waals surface area contributed by atoms with Crippen molar-refractivity contribution < 1.29 is 9.59 Å². The standard InChI is InChI=1S/C26H42N4O2/c1-5-8-29(18-24(31)30(16-19(2)3)17-23-7-6-9-28(23)4)25(32)27-26-13-20-10-21(14-26)12-22(11-20)15-26/h6-7,9,19-22H,5,8,10-18H2,1-4H3,(H,27,32). The zero-order chi connectivity index (χ0) is 22.9. The molecule has 4 fully saturated rings. The predicted molar refractivity (Wildman–Crippen MR) is 127 cm³/mol. The Morgan fingerprint density at radius 2 is 1.75 bits per heavy atom.